The van der Waals surface area contributed by atoms with Gasteiger partial charge in [-0.2, -0.15) is 13.2 Å². The summed E-state index contributed by atoms with van der Waals surface area (Å²) < 4.78 is 86.9. The molecule has 0 fully saturated rings. The first-order valence-corrected chi connectivity index (χ1v) is 9.68. The number of hydrogen-bond acceptors (Lipinski definition) is 7. The number of alkyl halides is 3. The fraction of sp³-hybridized carbons (Fsp3) is 1.00. The van der Waals surface area contributed by atoms with Crippen molar-refractivity contribution in [2.24, 2.45) is 0 Å². The second kappa shape index (κ2) is 9.37. The van der Waals surface area contributed by atoms with Gasteiger partial charge in [0.15, 0.2) is 0 Å². The van der Waals surface area contributed by atoms with Crippen molar-refractivity contribution < 1.29 is 44.9 Å². The molecule has 0 heterocycles. The summed E-state index contributed by atoms with van der Waals surface area (Å²) in [6, 6.07) is 0. The van der Waals surface area contributed by atoms with E-state index >= 15 is 0 Å². The van der Waals surface area contributed by atoms with Gasteiger partial charge in [0.25, 0.3) is 5.85 Å². The molecule has 0 aromatic carbocycles. The van der Waals surface area contributed by atoms with E-state index in [2.05, 4.69) is 22.6 Å². The molecule has 0 aromatic rings. The first kappa shape index (κ1) is 22.1. The van der Waals surface area contributed by atoms with Crippen molar-refractivity contribution in [2.45, 2.75) is 39.7 Å². The van der Waals surface area contributed by atoms with Gasteiger partial charge in [0.1, 0.15) is 0 Å². The molecule has 0 aliphatic rings. The molecule has 0 radical (unpaired) electrons. The first-order chi connectivity index (χ1) is 10.1. The Morgan fingerprint density at radius 2 is 1.18 bits per heavy atom. The van der Waals surface area contributed by atoms with Crippen LogP contribution in [0, 0.1) is 0 Å². The van der Waals surface area contributed by atoms with Crippen LogP contribution in [0.2, 0.25) is 0 Å². The predicted molar refractivity (Wildman–Crippen MR) is 72.6 cm³/mol. The molecule has 0 aliphatic carbocycles. The van der Waals surface area contributed by atoms with Crippen molar-refractivity contribution in [3.05, 3.63) is 0 Å². The Morgan fingerprint density at radius 3 is 1.45 bits per heavy atom. The van der Waals surface area contributed by atoms with Crippen LogP contribution in [0.3, 0.4) is 0 Å². The van der Waals surface area contributed by atoms with Crippen LogP contribution >= 0.6 is 15.4 Å². The maximum Gasteiger partial charge on any atom is 0.475 e. The fourth-order valence-corrected chi connectivity index (χ4v) is 4.79. The lowest BCUT2D eigenvalue weighted by atomic mass is 10.7. The van der Waals surface area contributed by atoms with Crippen LogP contribution in [0.5, 0.6) is 0 Å². The monoisotopic (exact) mass is 372 g/mol. The Bertz CT molecular complexity index is 396. The van der Waals surface area contributed by atoms with E-state index in [1.54, 1.807) is 0 Å². The van der Waals surface area contributed by atoms with Crippen LogP contribution in [0.4, 0.5) is 13.2 Å². The maximum absolute atomic E-state index is 13.2. The van der Waals surface area contributed by atoms with E-state index in [1.807, 2.05) is 0 Å². The maximum atomic E-state index is 13.2. The van der Waals surface area contributed by atoms with Gasteiger partial charge in [-0.05, 0) is 27.7 Å². The lowest BCUT2D eigenvalue weighted by Gasteiger charge is -2.29. The minimum absolute atomic E-state index is 0.227. The minimum Gasteiger partial charge on any atom is -0.307 e. The Balaban J connectivity index is 5.62. The molecule has 0 rings (SSSR count). The zero-order chi connectivity index (χ0) is 17.4. The summed E-state index contributed by atoms with van der Waals surface area (Å²) >= 11 is 0. The lowest BCUT2D eigenvalue weighted by Crippen LogP contribution is -2.33. The van der Waals surface area contributed by atoms with E-state index in [9.17, 15) is 22.3 Å². The van der Waals surface area contributed by atoms with E-state index in [-0.39, 0.29) is 26.4 Å². The quantitative estimate of drug-likeness (QED) is 0.499. The van der Waals surface area contributed by atoms with Crippen LogP contribution in [0.25, 0.3) is 0 Å². The molecule has 0 amide bonds. The minimum atomic E-state index is -5.16. The van der Waals surface area contributed by atoms with Crippen molar-refractivity contribution in [1.82, 2.24) is 0 Å². The number of phosphoric acid groups is 1. The molecule has 0 spiro atoms. The average Bonchev–Trinajstić information content (AvgIpc) is 2.36. The van der Waals surface area contributed by atoms with Gasteiger partial charge in [-0.1, -0.05) is 0 Å². The van der Waals surface area contributed by atoms with Crippen molar-refractivity contribution in [3.63, 3.8) is 0 Å². The molecule has 1 atom stereocenters. The van der Waals surface area contributed by atoms with Gasteiger partial charge in [-0.3, -0.25) is 18.1 Å². The molecule has 0 bridgehead atoms. The Labute approximate surface area is 127 Å². The Morgan fingerprint density at radius 1 is 0.818 bits per heavy atom. The molecule has 0 aromatic heterocycles. The van der Waals surface area contributed by atoms with Crippen molar-refractivity contribution in [1.29, 1.82) is 0 Å². The zero-order valence-electron chi connectivity index (χ0n) is 12.8. The number of rotatable bonds is 11. The normalized spacial score (nSPS) is 15.0. The average molecular weight is 372 g/mol. The molecule has 0 saturated heterocycles. The third kappa shape index (κ3) is 6.66. The van der Waals surface area contributed by atoms with Crippen molar-refractivity contribution in [2.75, 3.05) is 26.4 Å². The highest BCUT2D eigenvalue weighted by molar-refractivity contribution is 7.56. The van der Waals surface area contributed by atoms with Crippen molar-refractivity contribution >= 4 is 15.4 Å². The first-order valence-electron chi connectivity index (χ1n) is 6.61. The molecular formula is C10H21F3O7P2. The molecule has 0 N–H and O–H groups in total. The number of halogens is 3. The highest BCUT2D eigenvalue weighted by Crippen LogP contribution is 2.64. The summed E-state index contributed by atoms with van der Waals surface area (Å²) in [6.07, 6.45) is -5.16. The van der Waals surface area contributed by atoms with Gasteiger partial charge in [0.05, 0.1) is 26.4 Å². The van der Waals surface area contributed by atoms with Gasteiger partial charge >= 0.3 is 21.6 Å². The second-order valence-corrected chi connectivity index (χ2v) is 7.34. The second-order valence-electron chi connectivity index (χ2n) is 3.66. The Hall–Kier alpha value is 0.0500. The largest absolute Gasteiger partial charge is 0.475 e. The van der Waals surface area contributed by atoms with Crippen LogP contribution < -0.4 is 0 Å². The smallest absolute Gasteiger partial charge is 0.307 e. The number of phosphoric ester groups is 1. The summed E-state index contributed by atoms with van der Waals surface area (Å²) in [5, 5.41) is 0. The SMILES string of the molecule is CCOP(=O)(OCC)OC(C(F)(F)F)P(=O)(OCC)OCC. The summed E-state index contributed by atoms with van der Waals surface area (Å²) in [7, 11) is -9.34. The van der Waals surface area contributed by atoms with E-state index < -0.39 is 27.4 Å². The summed E-state index contributed by atoms with van der Waals surface area (Å²) in [5.74, 6) is -3.08. The fourth-order valence-electron chi connectivity index (χ4n) is 1.37. The van der Waals surface area contributed by atoms with E-state index in [0.29, 0.717) is 0 Å². The lowest BCUT2D eigenvalue weighted by molar-refractivity contribution is -0.180. The topological polar surface area (TPSA) is 80.3 Å². The molecule has 1 unspecified atom stereocenters. The van der Waals surface area contributed by atoms with Gasteiger partial charge in [-0.15, -0.1) is 0 Å². The summed E-state index contributed by atoms with van der Waals surface area (Å²) in [6.45, 7) is 4.37. The molecule has 7 nitrogen and oxygen atoms in total. The molecular weight excluding hydrogens is 351 g/mol. The van der Waals surface area contributed by atoms with Crippen LogP contribution in [-0.2, 0) is 31.7 Å². The third-order valence-corrected chi connectivity index (χ3v) is 5.98. The zero-order valence-corrected chi connectivity index (χ0v) is 14.6. The molecule has 0 aliphatic heterocycles. The third-order valence-electron chi connectivity index (χ3n) is 1.99. The highest BCUT2D eigenvalue weighted by atomic mass is 31.2. The van der Waals surface area contributed by atoms with E-state index in [0.717, 1.165) is 0 Å². The van der Waals surface area contributed by atoms with Gasteiger partial charge in [0.2, 0.25) is 0 Å². The number of hydrogen-bond donors (Lipinski definition) is 0. The van der Waals surface area contributed by atoms with Crippen LogP contribution in [0.1, 0.15) is 27.7 Å². The van der Waals surface area contributed by atoms with E-state index in [4.69, 9.17) is 0 Å². The highest BCUT2D eigenvalue weighted by Gasteiger charge is 2.58. The summed E-state index contributed by atoms with van der Waals surface area (Å²) in [5.41, 5.74) is 0. The van der Waals surface area contributed by atoms with Crippen LogP contribution in [-0.4, -0.2) is 38.4 Å². The standard InChI is InChI=1S/C10H21F3O7P2/c1-5-16-21(14,17-6-2)9(10(11,12)13)20-22(15,18-7-3)19-8-4/h9H,5-8H2,1-4H3. The van der Waals surface area contributed by atoms with Gasteiger partial charge in [0, 0.05) is 0 Å². The molecule has 22 heavy (non-hydrogen) atoms. The Kier molecular flexibility index (Phi) is 9.39. The predicted octanol–water partition coefficient (Wildman–Crippen LogP) is 4.34. The molecule has 134 valence electrons. The van der Waals surface area contributed by atoms with Gasteiger partial charge in [-0.25, -0.2) is 4.57 Å². The molecule has 0 saturated carbocycles. The molecule has 12 heteroatoms. The van der Waals surface area contributed by atoms with Gasteiger partial charge < -0.3 is 9.05 Å². The van der Waals surface area contributed by atoms with E-state index in [1.165, 1.54) is 27.7 Å². The van der Waals surface area contributed by atoms with Crippen molar-refractivity contribution in [3.8, 4) is 0 Å². The van der Waals surface area contributed by atoms with Crippen LogP contribution in [0.15, 0.2) is 0 Å². The summed E-state index contributed by atoms with van der Waals surface area (Å²) in [4.78, 5) is 0.